The molecule has 114 valence electrons. The molecule has 2 heteroatoms. The van der Waals surface area contributed by atoms with Gasteiger partial charge >= 0.3 is 0 Å². The fourth-order valence-electron chi connectivity index (χ4n) is 5.03. The van der Waals surface area contributed by atoms with Crippen LogP contribution in [0, 0.1) is 11.3 Å². The van der Waals surface area contributed by atoms with Gasteiger partial charge in [-0.15, -0.1) is 0 Å². The van der Waals surface area contributed by atoms with Gasteiger partial charge in [0.1, 0.15) is 0 Å². The van der Waals surface area contributed by atoms with Crippen LogP contribution in [0.15, 0.2) is 30.3 Å². The van der Waals surface area contributed by atoms with Crippen LogP contribution in [0.2, 0.25) is 0 Å². The Hall–Kier alpha value is -0.860. The maximum Gasteiger partial charge on any atom is 0.0507 e. The van der Waals surface area contributed by atoms with E-state index >= 15 is 0 Å². The first-order valence-electron chi connectivity index (χ1n) is 8.71. The van der Waals surface area contributed by atoms with E-state index in [1.807, 2.05) is 0 Å². The van der Waals surface area contributed by atoms with Crippen molar-refractivity contribution in [2.24, 2.45) is 11.3 Å². The Labute approximate surface area is 128 Å². The van der Waals surface area contributed by atoms with Gasteiger partial charge in [0.2, 0.25) is 0 Å². The van der Waals surface area contributed by atoms with Gasteiger partial charge in [-0.1, -0.05) is 43.2 Å². The fraction of sp³-hybridized carbons (Fsp3) is 0.684. The van der Waals surface area contributed by atoms with Crippen molar-refractivity contribution < 1.29 is 4.74 Å². The maximum atomic E-state index is 5.57. The minimum Gasteiger partial charge on any atom is -0.381 e. The first-order chi connectivity index (χ1) is 10.4. The maximum absolute atomic E-state index is 5.57. The van der Waals surface area contributed by atoms with Crippen LogP contribution in [0.25, 0.3) is 0 Å². The van der Waals surface area contributed by atoms with Gasteiger partial charge in [-0.05, 0) is 36.2 Å². The molecule has 0 N–H and O–H groups in total. The Bertz CT molecular complexity index is 460. The summed E-state index contributed by atoms with van der Waals surface area (Å²) in [7, 11) is 0. The second-order valence-electron chi connectivity index (χ2n) is 7.46. The molecule has 1 saturated carbocycles. The average molecular weight is 285 g/mol. The molecule has 1 aromatic carbocycles. The zero-order valence-corrected chi connectivity index (χ0v) is 13.0. The predicted octanol–water partition coefficient (Wildman–Crippen LogP) is 3.68. The highest BCUT2D eigenvalue weighted by atomic mass is 16.5. The van der Waals surface area contributed by atoms with Crippen molar-refractivity contribution in [3.63, 3.8) is 0 Å². The minimum atomic E-state index is 0.570. The highest BCUT2D eigenvalue weighted by molar-refractivity contribution is 5.25. The van der Waals surface area contributed by atoms with E-state index in [0.29, 0.717) is 5.41 Å². The van der Waals surface area contributed by atoms with Crippen molar-refractivity contribution >= 4 is 0 Å². The lowest BCUT2D eigenvalue weighted by atomic mass is 9.73. The monoisotopic (exact) mass is 285 g/mol. The molecule has 0 amide bonds. The summed E-state index contributed by atoms with van der Waals surface area (Å²) in [6.45, 7) is 5.81. The topological polar surface area (TPSA) is 12.5 Å². The normalized spacial score (nSPS) is 32.2. The molecular formula is C19H27NO. The SMILES string of the molecule is c1ccc([C@@H]2CN(C[C@H]3CCOC3)CC23CCCC3)cc1. The molecule has 2 nitrogen and oxygen atoms in total. The molecule has 2 aliphatic heterocycles. The summed E-state index contributed by atoms with van der Waals surface area (Å²) >= 11 is 0. The van der Waals surface area contributed by atoms with Crippen LogP contribution in [-0.2, 0) is 4.74 Å². The molecule has 2 saturated heterocycles. The molecule has 0 bridgehead atoms. The van der Waals surface area contributed by atoms with Crippen LogP contribution in [0.5, 0.6) is 0 Å². The molecule has 3 fully saturated rings. The molecule has 3 aliphatic rings. The number of benzene rings is 1. The predicted molar refractivity (Wildman–Crippen MR) is 85.5 cm³/mol. The number of likely N-dealkylation sites (tertiary alicyclic amines) is 1. The van der Waals surface area contributed by atoms with Gasteiger partial charge in [0.15, 0.2) is 0 Å². The van der Waals surface area contributed by atoms with E-state index in [1.165, 1.54) is 51.7 Å². The molecule has 1 spiro atoms. The van der Waals surface area contributed by atoms with E-state index < -0.39 is 0 Å². The van der Waals surface area contributed by atoms with Crippen molar-refractivity contribution in [1.29, 1.82) is 0 Å². The Morgan fingerprint density at radius 1 is 1.14 bits per heavy atom. The third-order valence-corrected chi connectivity index (χ3v) is 6.06. The molecule has 2 heterocycles. The average Bonchev–Trinajstić information content (AvgIpc) is 3.24. The molecule has 1 aromatic rings. The van der Waals surface area contributed by atoms with E-state index in [-0.39, 0.29) is 0 Å². The summed E-state index contributed by atoms with van der Waals surface area (Å²) < 4.78 is 5.57. The molecule has 0 aromatic heterocycles. The summed E-state index contributed by atoms with van der Waals surface area (Å²) in [5, 5.41) is 0. The second kappa shape index (κ2) is 5.73. The van der Waals surface area contributed by atoms with Crippen molar-refractivity contribution in [1.82, 2.24) is 4.90 Å². The van der Waals surface area contributed by atoms with E-state index in [2.05, 4.69) is 35.2 Å². The lowest BCUT2D eigenvalue weighted by Crippen LogP contribution is -2.30. The van der Waals surface area contributed by atoms with Crippen molar-refractivity contribution in [2.45, 2.75) is 38.0 Å². The molecule has 0 unspecified atom stereocenters. The van der Waals surface area contributed by atoms with Gasteiger partial charge in [-0.2, -0.15) is 0 Å². The van der Waals surface area contributed by atoms with Gasteiger partial charge < -0.3 is 9.64 Å². The number of nitrogens with zero attached hydrogens (tertiary/aromatic N) is 1. The van der Waals surface area contributed by atoms with Crippen molar-refractivity contribution in [3.05, 3.63) is 35.9 Å². The number of ether oxygens (including phenoxy) is 1. The third kappa shape index (κ3) is 2.64. The van der Waals surface area contributed by atoms with Gasteiger partial charge in [0.05, 0.1) is 6.61 Å². The smallest absolute Gasteiger partial charge is 0.0507 e. The Morgan fingerprint density at radius 3 is 2.67 bits per heavy atom. The highest BCUT2D eigenvalue weighted by Gasteiger charge is 2.48. The number of rotatable bonds is 3. The lowest BCUT2D eigenvalue weighted by molar-refractivity contribution is 0.169. The van der Waals surface area contributed by atoms with Gasteiger partial charge in [-0.3, -0.25) is 0 Å². The summed E-state index contributed by atoms with van der Waals surface area (Å²) in [5.41, 5.74) is 2.14. The molecule has 21 heavy (non-hydrogen) atoms. The van der Waals surface area contributed by atoms with Gasteiger partial charge in [-0.25, -0.2) is 0 Å². The van der Waals surface area contributed by atoms with E-state index in [0.717, 1.165) is 25.0 Å². The molecule has 1 aliphatic carbocycles. The van der Waals surface area contributed by atoms with Crippen LogP contribution >= 0.6 is 0 Å². The Balaban J connectivity index is 1.53. The quantitative estimate of drug-likeness (QED) is 0.840. The van der Waals surface area contributed by atoms with Crippen LogP contribution < -0.4 is 0 Å². The minimum absolute atomic E-state index is 0.570. The molecule has 2 atom stereocenters. The summed E-state index contributed by atoms with van der Waals surface area (Å²) in [6, 6.07) is 11.3. The largest absolute Gasteiger partial charge is 0.381 e. The zero-order valence-electron chi connectivity index (χ0n) is 13.0. The molecule has 0 radical (unpaired) electrons. The van der Waals surface area contributed by atoms with Crippen molar-refractivity contribution in [3.8, 4) is 0 Å². The third-order valence-electron chi connectivity index (χ3n) is 6.06. The molecule has 4 rings (SSSR count). The Morgan fingerprint density at radius 2 is 1.95 bits per heavy atom. The van der Waals surface area contributed by atoms with Crippen LogP contribution in [0.4, 0.5) is 0 Å². The zero-order chi connectivity index (χ0) is 14.1. The number of hydrogen-bond donors (Lipinski definition) is 0. The first-order valence-corrected chi connectivity index (χ1v) is 8.71. The second-order valence-corrected chi connectivity index (χ2v) is 7.46. The number of hydrogen-bond acceptors (Lipinski definition) is 2. The van der Waals surface area contributed by atoms with Crippen LogP contribution in [-0.4, -0.2) is 37.7 Å². The molecular weight excluding hydrogens is 258 g/mol. The van der Waals surface area contributed by atoms with Gasteiger partial charge in [0.25, 0.3) is 0 Å². The first kappa shape index (κ1) is 13.8. The summed E-state index contributed by atoms with van der Waals surface area (Å²) in [5.74, 6) is 1.53. The Kier molecular flexibility index (Phi) is 3.76. The van der Waals surface area contributed by atoms with Crippen LogP contribution in [0.3, 0.4) is 0 Å². The van der Waals surface area contributed by atoms with E-state index in [4.69, 9.17) is 4.74 Å². The highest BCUT2D eigenvalue weighted by Crippen LogP contribution is 2.53. The standard InChI is InChI=1S/C19H27NO/c1-2-6-17(7-3-1)18-13-20(12-16-8-11-21-14-16)15-19(18)9-4-5-10-19/h1-3,6-7,16,18H,4-5,8-15H2/t16-,18+/m1/s1. The lowest BCUT2D eigenvalue weighted by Gasteiger charge is -2.30. The van der Waals surface area contributed by atoms with E-state index in [1.54, 1.807) is 5.56 Å². The van der Waals surface area contributed by atoms with Crippen molar-refractivity contribution in [2.75, 3.05) is 32.8 Å². The fourth-order valence-corrected chi connectivity index (χ4v) is 5.03. The summed E-state index contributed by atoms with van der Waals surface area (Å²) in [4.78, 5) is 2.75. The summed E-state index contributed by atoms with van der Waals surface area (Å²) in [6.07, 6.45) is 7.00. The van der Waals surface area contributed by atoms with Gasteiger partial charge in [0, 0.05) is 32.2 Å². The van der Waals surface area contributed by atoms with Crippen LogP contribution in [0.1, 0.15) is 43.6 Å². The van der Waals surface area contributed by atoms with E-state index in [9.17, 15) is 0 Å².